The maximum absolute atomic E-state index is 12.9. The van der Waals surface area contributed by atoms with E-state index >= 15 is 0 Å². The molecular formula is C17H19N3O4S. The Balaban J connectivity index is 2.06. The summed E-state index contributed by atoms with van der Waals surface area (Å²) >= 11 is 0. The molecule has 0 aliphatic heterocycles. The quantitative estimate of drug-likeness (QED) is 0.730. The Kier molecular flexibility index (Phi) is 4.54. The zero-order chi connectivity index (χ0) is 18.0. The highest BCUT2D eigenvalue weighted by Gasteiger charge is 2.22. The Morgan fingerprint density at radius 1 is 1.16 bits per heavy atom. The van der Waals surface area contributed by atoms with E-state index in [0.29, 0.717) is 34.8 Å². The van der Waals surface area contributed by atoms with Gasteiger partial charge in [-0.25, -0.2) is 13.4 Å². The predicted molar refractivity (Wildman–Crippen MR) is 95.8 cm³/mol. The van der Waals surface area contributed by atoms with E-state index in [1.54, 1.807) is 47.3 Å². The van der Waals surface area contributed by atoms with Crippen LogP contribution in [0.2, 0.25) is 0 Å². The van der Waals surface area contributed by atoms with Crippen LogP contribution in [-0.4, -0.2) is 32.2 Å². The summed E-state index contributed by atoms with van der Waals surface area (Å²) in [7, 11) is -0.786. The minimum Gasteiger partial charge on any atom is -0.497 e. The summed E-state index contributed by atoms with van der Waals surface area (Å²) in [6, 6.07) is 8.32. The zero-order valence-electron chi connectivity index (χ0n) is 14.2. The SMILES string of the molecule is CCn1cc(S(=O)(=O)Nc2cc(OC)cc(OC)c2)c2cccnc21. The Morgan fingerprint density at radius 2 is 1.84 bits per heavy atom. The van der Waals surface area contributed by atoms with Gasteiger partial charge in [0.2, 0.25) is 0 Å². The van der Waals surface area contributed by atoms with Crippen molar-refractivity contribution in [1.82, 2.24) is 9.55 Å². The van der Waals surface area contributed by atoms with Gasteiger partial charge in [0.05, 0.1) is 19.9 Å². The van der Waals surface area contributed by atoms with Crippen molar-refractivity contribution < 1.29 is 17.9 Å². The van der Waals surface area contributed by atoms with Crippen molar-refractivity contribution in [2.45, 2.75) is 18.4 Å². The number of fused-ring (bicyclic) bond motifs is 1. The number of methoxy groups -OCH3 is 2. The first kappa shape index (κ1) is 17.1. The van der Waals surface area contributed by atoms with Crippen LogP contribution in [0.4, 0.5) is 5.69 Å². The summed E-state index contributed by atoms with van der Waals surface area (Å²) in [5.74, 6) is 0.990. The second kappa shape index (κ2) is 6.64. The Labute approximate surface area is 146 Å². The fourth-order valence-corrected chi connectivity index (χ4v) is 3.88. The van der Waals surface area contributed by atoms with Crippen LogP contribution in [0.3, 0.4) is 0 Å². The third kappa shape index (κ3) is 3.25. The first-order chi connectivity index (χ1) is 12.0. The number of hydrogen-bond donors (Lipinski definition) is 1. The van der Waals surface area contributed by atoms with Crippen molar-refractivity contribution in [3.63, 3.8) is 0 Å². The molecule has 3 rings (SSSR count). The van der Waals surface area contributed by atoms with Crippen LogP contribution < -0.4 is 14.2 Å². The van der Waals surface area contributed by atoms with E-state index in [9.17, 15) is 8.42 Å². The molecule has 1 N–H and O–H groups in total. The third-order valence-electron chi connectivity index (χ3n) is 3.83. The van der Waals surface area contributed by atoms with Crippen LogP contribution >= 0.6 is 0 Å². The van der Waals surface area contributed by atoms with Crippen molar-refractivity contribution in [2.75, 3.05) is 18.9 Å². The Morgan fingerprint density at radius 3 is 2.44 bits per heavy atom. The molecule has 3 aromatic rings. The van der Waals surface area contributed by atoms with E-state index in [2.05, 4.69) is 9.71 Å². The predicted octanol–water partition coefficient (Wildman–Crippen LogP) is 2.87. The molecule has 0 atom stereocenters. The standard InChI is InChI=1S/C17H19N3O4S/c1-4-20-11-16(15-6-5-7-18-17(15)20)25(21,22)19-12-8-13(23-2)10-14(9-12)24-3/h5-11,19H,4H2,1-3H3. The van der Waals surface area contributed by atoms with Gasteiger partial charge in [0, 0.05) is 42.5 Å². The molecule has 0 unspecified atom stereocenters. The van der Waals surface area contributed by atoms with E-state index < -0.39 is 10.0 Å². The number of anilines is 1. The highest BCUT2D eigenvalue weighted by molar-refractivity contribution is 7.93. The van der Waals surface area contributed by atoms with Crippen molar-refractivity contribution in [3.05, 3.63) is 42.7 Å². The van der Waals surface area contributed by atoms with E-state index in [0.717, 1.165) is 0 Å². The second-order valence-corrected chi connectivity index (χ2v) is 7.01. The van der Waals surface area contributed by atoms with Gasteiger partial charge in [-0.2, -0.15) is 0 Å². The van der Waals surface area contributed by atoms with Gasteiger partial charge in [-0.05, 0) is 19.1 Å². The van der Waals surface area contributed by atoms with Crippen molar-refractivity contribution in [1.29, 1.82) is 0 Å². The minimum atomic E-state index is -3.80. The van der Waals surface area contributed by atoms with Crippen LogP contribution in [0, 0.1) is 0 Å². The highest BCUT2D eigenvalue weighted by atomic mass is 32.2. The first-order valence-corrected chi connectivity index (χ1v) is 9.16. The largest absolute Gasteiger partial charge is 0.497 e. The molecule has 2 heterocycles. The normalized spacial score (nSPS) is 11.5. The fourth-order valence-electron chi connectivity index (χ4n) is 2.62. The molecule has 0 fully saturated rings. The van der Waals surface area contributed by atoms with Crippen LogP contribution in [0.5, 0.6) is 11.5 Å². The van der Waals surface area contributed by atoms with Gasteiger partial charge in [-0.3, -0.25) is 4.72 Å². The maximum atomic E-state index is 12.9. The smallest absolute Gasteiger partial charge is 0.264 e. The molecule has 1 aromatic carbocycles. The number of nitrogens with zero attached hydrogens (tertiary/aromatic N) is 2. The number of sulfonamides is 1. The topological polar surface area (TPSA) is 82.5 Å². The molecule has 25 heavy (non-hydrogen) atoms. The second-order valence-electron chi connectivity index (χ2n) is 5.36. The van der Waals surface area contributed by atoms with Crippen LogP contribution in [0.25, 0.3) is 11.0 Å². The van der Waals surface area contributed by atoms with E-state index in [1.165, 1.54) is 14.2 Å². The maximum Gasteiger partial charge on any atom is 0.264 e. The fraction of sp³-hybridized carbons (Fsp3) is 0.235. The van der Waals surface area contributed by atoms with Gasteiger partial charge in [-0.1, -0.05) is 0 Å². The van der Waals surface area contributed by atoms with Gasteiger partial charge in [0.15, 0.2) is 0 Å². The monoisotopic (exact) mass is 361 g/mol. The number of nitrogens with one attached hydrogen (secondary N) is 1. The summed E-state index contributed by atoms with van der Waals surface area (Å²) in [4.78, 5) is 4.46. The minimum absolute atomic E-state index is 0.180. The average Bonchev–Trinajstić information content (AvgIpc) is 3.00. The molecule has 8 heteroatoms. The lowest BCUT2D eigenvalue weighted by Gasteiger charge is -2.11. The van der Waals surface area contributed by atoms with E-state index in [1.807, 2.05) is 6.92 Å². The van der Waals surface area contributed by atoms with Gasteiger partial charge >= 0.3 is 0 Å². The summed E-state index contributed by atoms with van der Waals surface area (Å²) in [5, 5.41) is 0.576. The van der Waals surface area contributed by atoms with Gasteiger partial charge in [0.1, 0.15) is 22.0 Å². The number of aryl methyl sites for hydroxylation is 1. The van der Waals surface area contributed by atoms with E-state index in [-0.39, 0.29) is 4.90 Å². The number of ether oxygens (including phenoxy) is 2. The third-order valence-corrected chi connectivity index (χ3v) is 5.24. The molecule has 7 nitrogen and oxygen atoms in total. The Bertz CT molecular complexity index is 990. The van der Waals surface area contributed by atoms with Gasteiger partial charge in [-0.15, -0.1) is 0 Å². The Hall–Kier alpha value is -2.74. The summed E-state index contributed by atoms with van der Waals surface area (Å²) in [6.45, 7) is 2.56. The molecule has 0 radical (unpaired) electrons. The summed E-state index contributed by atoms with van der Waals surface area (Å²) in [5.41, 5.74) is 0.992. The summed E-state index contributed by atoms with van der Waals surface area (Å²) in [6.07, 6.45) is 3.24. The summed E-state index contributed by atoms with van der Waals surface area (Å²) < 4.78 is 40.6. The first-order valence-electron chi connectivity index (χ1n) is 7.68. The molecule has 132 valence electrons. The van der Waals surface area contributed by atoms with Gasteiger partial charge < -0.3 is 14.0 Å². The molecule has 0 aliphatic rings. The van der Waals surface area contributed by atoms with Crippen molar-refractivity contribution >= 4 is 26.7 Å². The number of aromatic nitrogens is 2. The molecule has 0 aliphatic carbocycles. The number of pyridine rings is 1. The lowest BCUT2D eigenvalue weighted by Crippen LogP contribution is -2.13. The van der Waals surface area contributed by atoms with Gasteiger partial charge in [0.25, 0.3) is 10.0 Å². The molecule has 0 spiro atoms. The lowest BCUT2D eigenvalue weighted by molar-refractivity contribution is 0.395. The molecule has 0 bridgehead atoms. The van der Waals surface area contributed by atoms with Crippen molar-refractivity contribution in [2.24, 2.45) is 0 Å². The number of rotatable bonds is 6. The highest BCUT2D eigenvalue weighted by Crippen LogP contribution is 2.30. The lowest BCUT2D eigenvalue weighted by atomic mass is 10.3. The van der Waals surface area contributed by atoms with Crippen LogP contribution in [-0.2, 0) is 16.6 Å². The molecular weight excluding hydrogens is 342 g/mol. The average molecular weight is 361 g/mol. The molecule has 0 amide bonds. The molecule has 0 saturated carbocycles. The number of hydrogen-bond acceptors (Lipinski definition) is 5. The van der Waals surface area contributed by atoms with Crippen LogP contribution in [0.15, 0.2) is 47.6 Å². The molecule has 0 saturated heterocycles. The number of benzene rings is 1. The molecule has 2 aromatic heterocycles. The van der Waals surface area contributed by atoms with Crippen molar-refractivity contribution in [3.8, 4) is 11.5 Å². The van der Waals surface area contributed by atoms with E-state index in [4.69, 9.17) is 9.47 Å². The zero-order valence-corrected chi connectivity index (χ0v) is 15.0. The van der Waals surface area contributed by atoms with Crippen LogP contribution in [0.1, 0.15) is 6.92 Å².